The summed E-state index contributed by atoms with van der Waals surface area (Å²) in [6.07, 6.45) is 2.16. The van der Waals surface area contributed by atoms with Gasteiger partial charge in [0.1, 0.15) is 11.9 Å². The van der Waals surface area contributed by atoms with Crippen LogP contribution in [0.25, 0.3) is 0 Å². The van der Waals surface area contributed by atoms with Crippen molar-refractivity contribution in [3.05, 3.63) is 35.6 Å². The highest BCUT2D eigenvalue weighted by Gasteiger charge is 2.34. The minimum absolute atomic E-state index is 0.0503. The van der Waals surface area contributed by atoms with Crippen molar-refractivity contribution in [1.29, 1.82) is 0 Å². The minimum atomic E-state index is -0.932. The molecular weight excluding hydrogens is 273 g/mol. The molecule has 0 radical (unpaired) electrons. The average molecular weight is 293 g/mol. The fourth-order valence-corrected chi connectivity index (χ4v) is 2.88. The van der Waals surface area contributed by atoms with Crippen molar-refractivity contribution in [2.45, 2.75) is 38.6 Å². The van der Waals surface area contributed by atoms with Gasteiger partial charge in [-0.3, -0.25) is 4.79 Å². The molecule has 1 aliphatic rings. The number of halogens is 1. The number of carbonyl (C=O) groups is 2. The van der Waals surface area contributed by atoms with Crippen LogP contribution >= 0.6 is 0 Å². The van der Waals surface area contributed by atoms with E-state index >= 15 is 0 Å². The quantitative estimate of drug-likeness (QED) is 0.907. The highest BCUT2D eigenvalue weighted by molar-refractivity contribution is 5.84. The van der Waals surface area contributed by atoms with E-state index in [0.29, 0.717) is 25.8 Å². The molecule has 1 aliphatic heterocycles. The minimum Gasteiger partial charge on any atom is -0.480 e. The molecule has 1 heterocycles. The van der Waals surface area contributed by atoms with Crippen molar-refractivity contribution < 1.29 is 19.1 Å². The number of hydrogen-bond acceptors (Lipinski definition) is 2. The van der Waals surface area contributed by atoms with Gasteiger partial charge in [0.15, 0.2) is 0 Å². The lowest BCUT2D eigenvalue weighted by atomic mass is 9.97. The SMILES string of the molecule is CC(CC(=O)N1CCC[C@H]1C(=O)O)Cc1cccc(F)c1. The van der Waals surface area contributed by atoms with Crippen LogP contribution in [0.3, 0.4) is 0 Å². The van der Waals surface area contributed by atoms with E-state index in [9.17, 15) is 14.0 Å². The topological polar surface area (TPSA) is 57.6 Å². The third-order valence-electron chi connectivity index (χ3n) is 3.85. The van der Waals surface area contributed by atoms with Gasteiger partial charge < -0.3 is 10.0 Å². The number of nitrogens with zero attached hydrogens (tertiary/aromatic N) is 1. The van der Waals surface area contributed by atoms with Crippen molar-refractivity contribution >= 4 is 11.9 Å². The Morgan fingerprint density at radius 1 is 1.48 bits per heavy atom. The Labute approximate surface area is 123 Å². The van der Waals surface area contributed by atoms with E-state index in [2.05, 4.69) is 0 Å². The summed E-state index contributed by atoms with van der Waals surface area (Å²) in [7, 11) is 0. The molecule has 5 heteroatoms. The zero-order valence-electron chi connectivity index (χ0n) is 12.1. The van der Waals surface area contributed by atoms with Crippen LogP contribution < -0.4 is 0 Å². The van der Waals surface area contributed by atoms with E-state index in [4.69, 9.17) is 5.11 Å². The Morgan fingerprint density at radius 2 is 2.24 bits per heavy atom. The summed E-state index contributed by atoms with van der Waals surface area (Å²) in [5.74, 6) is -1.28. The first-order valence-corrected chi connectivity index (χ1v) is 7.24. The highest BCUT2D eigenvalue weighted by Crippen LogP contribution is 2.21. The lowest BCUT2D eigenvalue weighted by Crippen LogP contribution is -2.41. The molecule has 0 aromatic heterocycles. The van der Waals surface area contributed by atoms with E-state index in [0.717, 1.165) is 12.0 Å². The second-order valence-electron chi connectivity index (χ2n) is 5.73. The Kier molecular flexibility index (Phi) is 4.94. The number of rotatable bonds is 5. The van der Waals surface area contributed by atoms with E-state index in [-0.39, 0.29) is 17.6 Å². The Morgan fingerprint density at radius 3 is 2.90 bits per heavy atom. The molecule has 1 fully saturated rings. The summed E-state index contributed by atoms with van der Waals surface area (Å²) in [4.78, 5) is 24.8. The molecule has 1 amide bonds. The molecule has 1 N–H and O–H groups in total. The van der Waals surface area contributed by atoms with Gasteiger partial charge in [-0.05, 0) is 42.9 Å². The van der Waals surface area contributed by atoms with Gasteiger partial charge in [-0.2, -0.15) is 0 Å². The number of amides is 1. The maximum atomic E-state index is 13.1. The summed E-state index contributed by atoms with van der Waals surface area (Å²) in [5.41, 5.74) is 0.853. The summed E-state index contributed by atoms with van der Waals surface area (Å²) < 4.78 is 13.1. The number of carbonyl (C=O) groups excluding carboxylic acids is 1. The molecule has 4 nitrogen and oxygen atoms in total. The molecule has 0 saturated carbocycles. The van der Waals surface area contributed by atoms with E-state index < -0.39 is 12.0 Å². The summed E-state index contributed by atoms with van der Waals surface area (Å²) >= 11 is 0. The average Bonchev–Trinajstić information content (AvgIpc) is 2.87. The Bertz CT molecular complexity index is 532. The molecule has 0 spiro atoms. The first-order chi connectivity index (χ1) is 9.97. The molecule has 21 heavy (non-hydrogen) atoms. The number of carboxylic acids is 1. The number of benzene rings is 1. The summed E-state index contributed by atoms with van der Waals surface area (Å²) in [6.45, 7) is 2.44. The molecule has 1 aromatic carbocycles. The molecule has 1 aromatic rings. The Balaban J connectivity index is 1.91. The molecular formula is C16H20FNO3. The van der Waals surface area contributed by atoms with Gasteiger partial charge in [-0.15, -0.1) is 0 Å². The summed E-state index contributed by atoms with van der Waals surface area (Å²) in [5, 5.41) is 9.10. The van der Waals surface area contributed by atoms with Gasteiger partial charge >= 0.3 is 5.97 Å². The first-order valence-electron chi connectivity index (χ1n) is 7.24. The maximum absolute atomic E-state index is 13.1. The van der Waals surface area contributed by atoms with Crippen molar-refractivity contribution in [2.24, 2.45) is 5.92 Å². The fourth-order valence-electron chi connectivity index (χ4n) is 2.88. The third kappa shape index (κ3) is 4.03. The van der Waals surface area contributed by atoms with E-state index in [1.165, 1.54) is 17.0 Å². The fraction of sp³-hybridized carbons (Fsp3) is 0.500. The monoisotopic (exact) mass is 293 g/mol. The number of hydrogen-bond donors (Lipinski definition) is 1. The third-order valence-corrected chi connectivity index (χ3v) is 3.85. The molecule has 2 rings (SSSR count). The lowest BCUT2D eigenvalue weighted by Gasteiger charge is -2.23. The smallest absolute Gasteiger partial charge is 0.326 e. The van der Waals surface area contributed by atoms with Crippen molar-refractivity contribution in [3.8, 4) is 0 Å². The van der Waals surface area contributed by atoms with Gasteiger partial charge in [0.2, 0.25) is 5.91 Å². The van der Waals surface area contributed by atoms with Crippen molar-refractivity contribution in [2.75, 3.05) is 6.54 Å². The standard InChI is InChI=1S/C16H20FNO3/c1-11(8-12-4-2-5-13(17)10-12)9-15(19)18-7-3-6-14(18)16(20)21/h2,4-5,10-11,14H,3,6-9H2,1H3,(H,20,21)/t11?,14-/m0/s1. The maximum Gasteiger partial charge on any atom is 0.326 e. The largest absolute Gasteiger partial charge is 0.480 e. The molecule has 0 bridgehead atoms. The van der Waals surface area contributed by atoms with Crippen LogP contribution in [0.1, 0.15) is 31.7 Å². The molecule has 2 atom stereocenters. The molecule has 114 valence electrons. The number of carboxylic acid groups (broad SMARTS) is 1. The van der Waals surface area contributed by atoms with Crippen LogP contribution in [-0.4, -0.2) is 34.5 Å². The normalized spacial score (nSPS) is 19.5. The van der Waals surface area contributed by atoms with Gasteiger partial charge in [0.25, 0.3) is 0 Å². The number of aliphatic carboxylic acids is 1. The molecule has 1 saturated heterocycles. The van der Waals surface area contributed by atoms with E-state index in [1.807, 2.05) is 13.0 Å². The van der Waals surface area contributed by atoms with Crippen LogP contribution in [0.2, 0.25) is 0 Å². The van der Waals surface area contributed by atoms with Crippen LogP contribution in [0, 0.1) is 11.7 Å². The van der Waals surface area contributed by atoms with Gasteiger partial charge in [0.05, 0.1) is 0 Å². The lowest BCUT2D eigenvalue weighted by molar-refractivity contribution is -0.148. The van der Waals surface area contributed by atoms with E-state index in [1.54, 1.807) is 6.07 Å². The van der Waals surface area contributed by atoms with Gasteiger partial charge in [-0.25, -0.2) is 9.18 Å². The Hall–Kier alpha value is -1.91. The predicted molar refractivity (Wildman–Crippen MR) is 76.3 cm³/mol. The first kappa shape index (κ1) is 15.5. The highest BCUT2D eigenvalue weighted by atomic mass is 19.1. The molecule has 1 unspecified atom stereocenters. The zero-order chi connectivity index (χ0) is 15.4. The summed E-state index contributed by atoms with van der Waals surface area (Å²) in [6, 6.07) is 5.66. The predicted octanol–water partition coefficient (Wildman–Crippen LogP) is 2.47. The van der Waals surface area contributed by atoms with Crippen molar-refractivity contribution in [3.63, 3.8) is 0 Å². The molecule has 0 aliphatic carbocycles. The van der Waals surface area contributed by atoms with Crippen LogP contribution in [0.4, 0.5) is 4.39 Å². The van der Waals surface area contributed by atoms with Crippen molar-refractivity contribution in [1.82, 2.24) is 4.90 Å². The second-order valence-corrected chi connectivity index (χ2v) is 5.73. The van der Waals surface area contributed by atoms with Gasteiger partial charge in [0, 0.05) is 13.0 Å². The van der Waals surface area contributed by atoms with Crippen LogP contribution in [-0.2, 0) is 16.0 Å². The van der Waals surface area contributed by atoms with Gasteiger partial charge in [-0.1, -0.05) is 19.1 Å². The zero-order valence-corrected chi connectivity index (χ0v) is 12.1. The number of likely N-dealkylation sites (tertiary alicyclic amines) is 1. The van der Waals surface area contributed by atoms with Crippen LogP contribution in [0.5, 0.6) is 0 Å². The second kappa shape index (κ2) is 6.70. The van der Waals surface area contributed by atoms with Crippen LogP contribution in [0.15, 0.2) is 24.3 Å².